The number of halogens is 2. The van der Waals surface area contributed by atoms with Gasteiger partial charge in [0.15, 0.2) is 0 Å². The van der Waals surface area contributed by atoms with E-state index >= 15 is 0 Å². The highest BCUT2D eigenvalue weighted by molar-refractivity contribution is 5.92. The minimum Gasteiger partial charge on any atom is -0.462 e. The summed E-state index contributed by atoms with van der Waals surface area (Å²) in [4.78, 5) is 11.5. The Morgan fingerprint density at radius 1 is 1.50 bits per heavy atom. The van der Waals surface area contributed by atoms with Crippen molar-refractivity contribution in [1.82, 2.24) is 0 Å². The number of carbonyl (C=O) groups is 1. The van der Waals surface area contributed by atoms with Gasteiger partial charge in [0.1, 0.15) is 11.8 Å². The van der Waals surface area contributed by atoms with Crippen LogP contribution in [0, 0.1) is 18.3 Å². The molecule has 1 aromatic carbocycles. The molecule has 0 bridgehead atoms. The third-order valence-electron chi connectivity index (χ3n) is 2.15. The van der Waals surface area contributed by atoms with Gasteiger partial charge in [-0.05, 0) is 31.5 Å². The van der Waals surface area contributed by atoms with Crippen LogP contribution in [0.3, 0.4) is 0 Å². The molecule has 0 heterocycles. The molecular formula is C12H11F2NO3. The van der Waals surface area contributed by atoms with Crippen molar-refractivity contribution in [2.75, 3.05) is 6.61 Å². The molecule has 0 saturated carbocycles. The molecule has 0 N–H and O–H groups in total. The smallest absolute Gasteiger partial charge is 0.387 e. The standard InChI is InChI=1S/C12H11F2NO3/c1-3-17-11(16)9-4-7(2)10(18-12(13)14)5-8(9)6-15/h4-5,12H,3H2,1-2H3. The van der Waals surface area contributed by atoms with Crippen LogP contribution >= 0.6 is 0 Å². The van der Waals surface area contributed by atoms with Gasteiger partial charge in [-0.2, -0.15) is 14.0 Å². The molecule has 0 radical (unpaired) electrons. The molecule has 0 aromatic heterocycles. The minimum absolute atomic E-state index is 0.0402. The van der Waals surface area contributed by atoms with Crippen LogP contribution in [-0.2, 0) is 4.74 Å². The van der Waals surface area contributed by atoms with Gasteiger partial charge < -0.3 is 9.47 Å². The lowest BCUT2D eigenvalue weighted by Crippen LogP contribution is -2.09. The number of aryl methyl sites for hydroxylation is 1. The Labute approximate surface area is 103 Å². The van der Waals surface area contributed by atoms with Crippen molar-refractivity contribution < 1.29 is 23.0 Å². The fraction of sp³-hybridized carbons (Fsp3) is 0.333. The maximum absolute atomic E-state index is 12.1. The zero-order valence-corrected chi connectivity index (χ0v) is 9.87. The van der Waals surface area contributed by atoms with E-state index in [1.54, 1.807) is 13.0 Å². The lowest BCUT2D eigenvalue weighted by atomic mass is 10.0. The molecular weight excluding hydrogens is 244 g/mol. The Morgan fingerprint density at radius 2 is 2.17 bits per heavy atom. The zero-order chi connectivity index (χ0) is 13.7. The molecule has 0 amide bonds. The van der Waals surface area contributed by atoms with Crippen molar-refractivity contribution in [2.24, 2.45) is 0 Å². The van der Waals surface area contributed by atoms with Crippen LogP contribution in [0.2, 0.25) is 0 Å². The summed E-state index contributed by atoms with van der Waals surface area (Å²) in [6.45, 7) is 0.314. The van der Waals surface area contributed by atoms with E-state index in [-0.39, 0.29) is 23.5 Å². The summed E-state index contributed by atoms with van der Waals surface area (Å²) in [7, 11) is 0. The molecule has 0 aliphatic rings. The second-order valence-corrected chi connectivity index (χ2v) is 3.37. The van der Waals surface area contributed by atoms with E-state index in [1.165, 1.54) is 13.0 Å². The van der Waals surface area contributed by atoms with E-state index in [0.717, 1.165) is 6.07 Å². The van der Waals surface area contributed by atoms with E-state index in [9.17, 15) is 13.6 Å². The number of carbonyl (C=O) groups excluding carboxylic acids is 1. The fourth-order valence-corrected chi connectivity index (χ4v) is 1.38. The summed E-state index contributed by atoms with van der Waals surface area (Å²) in [6, 6.07) is 4.15. The van der Waals surface area contributed by atoms with Crippen LogP contribution in [0.1, 0.15) is 28.4 Å². The Morgan fingerprint density at radius 3 is 2.67 bits per heavy atom. The maximum Gasteiger partial charge on any atom is 0.387 e. The lowest BCUT2D eigenvalue weighted by Gasteiger charge is -2.11. The molecule has 96 valence electrons. The van der Waals surface area contributed by atoms with Gasteiger partial charge in [0.2, 0.25) is 0 Å². The van der Waals surface area contributed by atoms with E-state index < -0.39 is 12.6 Å². The van der Waals surface area contributed by atoms with E-state index in [2.05, 4.69) is 4.74 Å². The third kappa shape index (κ3) is 3.17. The number of hydrogen-bond acceptors (Lipinski definition) is 4. The molecule has 0 aliphatic heterocycles. The number of benzene rings is 1. The van der Waals surface area contributed by atoms with Crippen LogP contribution in [0.15, 0.2) is 12.1 Å². The molecule has 0 atom stereocenters. The summed E-state index contributed by atoms with van der Waals surface area (Å²) in [5, 5.41) is 8.88. The second-order valence-electron chi connectivity index (χ2n) is 3.37. The second kappa shape index (κ2) is 5.96. The number of alkyl halides is 2. The number of rotatable bonds is 4. The van der Waals surface area contributed by atoms with Crippen LogP contribution in [-0.4, -0.2) is 19.2 Å². The molecule has 0 fully saturated rings. The van der Waals surface area contributed by atoms with Crippen molar-refractivity contribution >= 4 is 5.97 Å². The van der Waals surface area contributed by atoms with Gasteiger partial charge in [0.25, 0.3) is 0 Å². The molecule has 18 heavy (non-hydrogen) atoms. The summed E-state index contributed by atoms with van der Waals surface area (Å²) in [5.74, 6) is -0.796. The molecule has 1 aromatic rings. The predicted molar refractivity (Wildman–Crippen MR) is 58.5 cm³/mol. The van der Waals surface area contributed by atoms with Crippen molar-refractivity contribution in [3.8, 4) is 11.8 Å². The van der Waals surface area contributed by atoms with Crippen LogP contribution in [0.4, 0.5) is 8.78 Å². The van der Waals surface area contributed by atoms with Gasteiger partial charge in [-0.1, -0.05) is 0 Å². The number of hydrogen-bond donors (Lipinski definition) is 0. The van der Waals surface area contributed by atoms with Crippen LogP contribution in [0.25, 0.3) is 0 Å². The minimum atomic E-state index is -2.98. The topological polar surface area (TPSA) is 59.3 Å². The first-order valence-corrected chi connectivity index (χ1v) is 5.16. The molecule has 0 spiro atoms. The van der Waals surface area contributed by atoms with Crippen molar-refractivity contribution in [3.05, 3.63) is 28.8 Å². The van der Waals surface area contributed by atoms with Gasteiger partial charge in [0, 0.05) is 0 Å². The molecule has 4 nitrogen and oxygen atoms in total. The number of nitriles is 1. The summed E-state index contributed by atoms with van der Waals surface area (Å²) < 4.78 is 33.3. The Balaban J connectivity index is 3.19. The van der Waals surface area contributed by atoms with Crippen molar-refractivity contribution in [3.63, 3.8) is 0 Å². The monoisotopic (exact) mass is 255 g/mol. The first-order valence-electron chi connectivity index (χ1n) is 5.16. The van der Waals surface area contributed by atoms with Gasteiger partial charge in [0.05, 0.1) is 17.7 Å². The van der Waals surface area contributed by atoms with E-state index in [1.807, 2.05) is 0 Å². The number of ether oxygens (including phenoxy) is 2. The van der Waals surface area contributed by atoms with Crippen molar-refractivity contribution in [2.45, 2.75) is 20.5 Å². The Kier molecular flexibility index (Phi) is 4.60. The molecule has 1 rings (SSSR count). The lowest BCUT2D eigenvalue weighted by molar-refractivity contribution is -0.0503. The summed E-state index contributed by atoms with van der Waals surface area (Å²) in [5.41, 5.74) is 0.311. The van der Waals surface area contributed by atoms with Gasteiger partial charge in [-0.15, -0.1) is 0 Å². The predicted octanol–water partition coefficient (Wildman–Crippen LogP) is 2.64. The fourth-order valence-electron chi connectivity index (χ4n) is 1.38. The molecule has 6 heteroatoms. The van der Waals surface area contributed by atoms with Crippen molar-refractivity contribution in [1.29, 1.82) is 5.26 Å². The summed E-state index contributed by atoms with van der Waals surface area (Å²) >= 11 is 0. The van der Waals surface area contributed by atoms with E-state index in [4.69, 9.17) is 10.00 Å². The average molecular weight is 255 g/mol. The van der Waals surface area contributed by atoms with E-state index in [0.29, 0.717) is 5.56 Å². The number of nitrogens with zero attached hydrogens (tertiary/aromatic N) is 1. The molecule has 0 unspecified atom stereocenters. The normalized spacial score (nSPS) is 10.0. The SMILES string of the molecule is CCOC(=O)c1cc(C)c(OC(F)F)cc1C#N. The quantitative estimate of drug-likeness (QED) is 0.776. The zero-order valence-electron chi connectivity index (χ0n) is 9.87. The maximum atomic E-state index is 12.1. The van der Waals surface area contributed by atoms with Crippen LogP contribution < -0.4 is 4.74 Å². The Hall–Kier alpha value is -2.16. The molecule has 0 saturated heterocycles. The summed E-state index contributed by atoms with van der Waals surface area (Å²) in [6.07, 6.45) is 0. The third-order valence-corrected chi connectivity index (χ3v) is 2.15. The highest BCUT2D eigenvalue weighted by atomic mass is 19.3. The van der Waals surface area contributed by atoms with Gasteiger partial charge in [-0.3, -0.25) is 0 Å². The van der Waals surface area contributed by atoms with Gasteiger partial charge >= 0.3 is 12.6 Å². The Bertz CT molecular complexity index is 495. The van der Waals surface area contributed by atoms with Gasteiger partial charge in [-0.25, -0.2) is 4.79 Å². The highest BCUT2D eigenvalue weighted by Crippen LogP contribution is 2.25. The largest absolute Gasteiger partial charge is 0.462 e. The van der Waals surface area contributed by atoms with Crippen LogP contribution in [0.5, 0.6) is 5.75 Å². The first-order chi connectivity index (χ1) is 8.49. The average Bonchev–Trinajstić information content (AvgIpc) is 2.31. The molecule has 0 aliphatic carbocycles. The number of esters is 1. The first kappa shape index (κ1) is 13.9. The highest BCUT2D eigenvalue weighted by Gasteiger charge is 2.17.